The van der Waals surface area contributed by atoms with Gasteiger partial charge in [-0.05, 0) is 108 Å². The zero-order chi connectivity index (χ0) is 50.1. The number of benzene rings is 10. The lowest BCUT2D eigenvalue weighted by Gasteiger charge is -2.14. The van der Waals surface area contributed by atoms with Crippen molar-refractivity contribution in [2.45, 2.75) is 0 Å². The van der Waals surface area contributed by atoms with E-state index in [0.717, 1.165) is 88.8 Å². The number of hydrogen-bond donors (Lipinski definition) is 0. The van der Waals surface area contributed by atoms with E-state index in [1.54, 1.807) is 18.2 Å². The summed E-state index contributed by atoms with van der Waals surface area (Å²) in [6, 6.07) is 78.9. The Hall–Kier alpha value is -10.9. The predicted molar refractivity (Wildman–Crippen MR) is 306 cm³/mol. The predicted octanol–water partition coefficient (Wildman–Crippen LogP) is 18.1. The van der Waals surface area contributed by atoms with Crippen molar-refractivity contribution in [1.82, 2.24) is 23.7 Å². The van der Waals surface area contributed by atoms with E-state index in [1.807, 2.05) is 54.6 Å². The van der Waals surface area contributed by atoms with Crippen LogP contribution in [0.5, 0.6) is 0 Å². The van der Waals surface area contributed by atoms with Crippen LogP contribution < -0.4 is 0 Å². The van der Waals surface area contributed by atoms with E-state index in [-0.39, 0.29) is 0 Å². The van der Waals surface area contributed by atoms with Gasteiger partial charge in [0, 0.05) is 54.8 Å². The Balaban J connectivity index is 0.906. The number of hydrogen-bond acceptors (Lipinski definition) is 2. The molecule has 8 nitrogen and oxygen atoms in total. The largest absolute Gasteiger partial charge is 0.319 e. The normalized spacial score (nSPS) is 11.4. The molecule has 10 aromatic carbocycles. The fourth-order valence-electron chi connectivity index (χ4n) is 11.1. The number of nitrogens with zero attached hydrogens (tertiary/aromatic N) is 8. The molecule has 14 aromatic rings. The van der Waals surface area contributed by atoms with Gasteiger partial charge in [-0.2, -0.15) is 0 Å². The average molecular weight is 955 g/mol. The molecule has 0 aliphatic carbocycles. The Labute approximate surface area is 431 Å². The SMILES string of the molecule is [C-]#[N+]c1cccc(-c2cc(-c3ccc(-c4ccc(-n5c6ccc(-n7c8ccccc8c8ccccc87)cc6c6cc(-n7c8ccccc8c8ccccc87)ccc65)c([N+]#[C-])c4)cc3)nc(-c3cccc([N+]#[C-])c3)n2)c1. The van der Waals surface area contributed by atoms with Crippen molar-refractivity contribution in [3.63, 3.8) is 0 Å². The van der Waals surface area contributed by atoms with Gasteiger partial charge in [0.1, 0.15) is 0 Å². The van der Waals surface area contributed by atoms with E-state index in [1.165, 1.54) is 21.5 Å². The van der Waals surface area contributed by atoms with Crippen molar-refractivity contribution in [1.29, 1.82) is 0 Å². The van der Waals surface area contributed by atoms with Crippen LogP contribution in [-0.4, -0.2) is 23.7 Å². The summed E-state index contributed by atoms with van der Waals surface area (Å²) in [6.45, 7) is 23.9. The summed E-state index contributed by atoms with van der Waals surface area (Å²) in [5, 5.41) is 6.99. The molecule has 0 N–H and O–H groups in total. The van der Waals surface area contributed by atoms with Crippen LogP contribution in [0.3, 0.4) is 0 Å². The molecule has 14 rings (SSSR count). The molecule has 4 heterocycles. The second-order valence-corrected chi connectivity index (χ2v) is 18.7. The topological polar surface area (TPSA) is 53.6 Å². The summed E-state index contributed by atoms with van der Waals surface area (Å²) in [7, 11) is 0. The maximum atomic E-state index is 8.66. The highest BCUT2D eigenvalue weighted by molar-refractivity contribution is 6.14. The lowest BCUT2D eigenvalue weighted by atomic mass is 10.0. The Morgan fingerprint density at radius 3 is 1.24 bits per heavy atom. The Kier molecular flexibility index (Phi) is 9.85. The first kappa shape index (κ1) is 43.0. The monoisotopic (exact) mass is 954 g/mol. The molecule has 0 aliphatic heterocycles. The highest BCUT2D eigenvalue weighted by atomic mass is 15.0. The molecule has 75 heavy (non-hydrogen) atoms. The molecule has 4 aromatic heterocycles. The molecule has 8 heteroatoms. The lowest BCUT2D eigenvalue weighted by molar-refractivity contribution is 1.16. The summed E-state index contributed by atoms with van der Waals surface area (Å²) in [5.74, 6) is 0.485. The molecule has 0 unspecified atom stereocenters. The Morgan fingerprint density at radius 2 is 0.733 bits per heavy atom. The Bertz CT molecular complexity index is 4460. The summed E-state index contributed by atoms with van der Waals surface area (Å²) >= 11 is 0. The van der Waals surface area contributed by atoms with Crippen molar-refractivity contribution >= 4 is 82.5 Å². The lowest BCUT2D eigenvalue weighted by Crippen LogP contribution is -1.97. The highest BCUT2D eigenvalue weighted by Gasteiger charge is 2.21. The standard InChI is InChI=1S/C67H38N8/c1-68-47-16-12-14-45(36-47)58-41-57(71-67(72-58)46-15-13-17-48(37-46)69-2)43-28-26-42(27-29-43)44-30-33-66(59(38-44)70-3)75-64-34-31-49(73-60-22-8-4-18-51(60)52-19-5-9-23-61(52)73)39-55(64)56-40-50(32-35-65(56)75)74-62-24-10-6-20-53(62)54-21-7-11-25-63(54)74/h4-41H. The minimum absolute atomic E-state index is 0.485. The quantitative estimate of drug-likeness (QED) is 0.149. The fraction of sp³-hybridized carbons (Fsp3) is 0. The van der Waals surface area contributed by atoms with E-state index in [9.17, 15) is 0 Å². The maximum absolute atomic E-state index is 8.66. The molecule has 0 fully saturated rings. The first-order valence-corrected chi connectivity index (χ1v) is 24.6. The zero-order valence-corrected chi connectivity index (χ0v) is 40.0. The van der Waals surface area contributed by atoms with Crippen molar-refractivity contribution in [2.75, 3.05) is 0 Å². The average Bonchev–Trinajstić information content (AvgIpc) is 4.13. The fourth-order valence-corrected chi connectivity index (χ4v) is 11.1. The van der Waals surface area contributed by atoms with Gasteiger partial charge in [0.25, 0.3) is 0 Å². The van der Waals surface area contributed by atoms with E-state index in [0.29, 0.717) is 34.3 Å². The molecule has 0 saturated heterocycles. The van der Waals surface area contributed by atoms with Crippen LogP contribution in [0.25, 0.3) is 142 Å². The van der Waals surface area contributed by atoms with Crippen molar-refractivity contribution in [3.05, 3.63) is 265 Å². The smallest absolute Gasteiger partial charge is 0.211 e. The number of rotatable bonds is 7. The van der Waals surface area contributed by atoms with Crippen LogP contribution >= 0.6 is 0 Å². The van der Waals surface area contributed by atoms with E-state index >= 15 is 0 Å². The van der Waals surface area contributed by atoms with Crippen LogP contribution in [-0.2, 0) is 0 Å². The van der Waals surface area contributed by atoms with Gasteiger partial charge >= 0.3 is 0 Å². The third-order valence-electron chi connectivity index (χ3n) is 14.5. The summed E-state index contributed by atoms with van der Waals surface area (Å²) in [4.78, 5) is 21.4. The van der Waals surface area contributed by atoms with Crippen molar-refractivity contribution in [3.8, 4) is 62.1 Å². The number of fused-ring (bicyclic) bond motifs is 9. The molecule has 0 radical (unpaired) electrons. The molecule has 0 atom stereocenters. The minimum Gasteiger partial charge on any atom is -0.319 e. The van der Waals surface area contributed by atoms with Crippen LogP contribution in [0, 0.1) is 19.7 Å². The van der Waals surface area contributed by atoms with E-state index < -0.39 is 0 Å². The molecular formula is C67H38N8. The van der Waals surface area contributed by atoms with Crippen LogP contribution in [0.4, 0.5) is 17.1 Å². The van der Waals surface area contributed by atoms with Gasteiger partial charge in [-0.1, -0.05) is 140 Å². The second-order valence-electron chi connectivity index (χ2n) is 18.7. The van der Waals surface area contributed by atoms with Gasteiger partial charge in [0.15, 0.2) is 17.2 Å². The molecule has 346 valence electrons. The van der Waals surface area contributed by atoms with Gasteiger partial charge in [-0.25, -0.2) is 24.5 Å². The summed E-state index contributed by atoms with van der Waals surface area (Å²) in [6.07, 6.45) is 0. The van der Waals surface area contributed by atoms with Gasteiger partial charge < -0.3 is 13.7 Å². The van der Waals surface area contributed by atoms with E-state index in [4.69, 9.17) is 29.7 Å². The first-order chi connectivity index (χ1) is 37.0. The molecule has 0 bridgehead atoms. The van der Waals surface area contributed by atoms with Gasteiger partial charge in [-0.15, -0.1) is 0 Å². The Morgan fingerprint density at radius 1 is 0.293 bits per heavy atom. The van der Waals surface area contributed by atoms with Gasteiger partial charge in [-0.3, -0.25) is 0 Å². The van der Waals surface area contributed by atoms with Crippen LogP contribution in [0.1, 0.15) is 0 Å². The maximum Gasteiger partial charge on any atom is 0.211 e. The van der Waals surface area contributed by atoms with Gasteiger partial charge in [0.2, 0.25) is 5.69 Å². The van der Waals surface area contributed by atoms with Crippen LogP contribution in [0.15, 0.2) is 231 Å². The van der Waals surface area contributed by atoms with Crippen molar-refractivity contribution in [2.24, 2.45) is 0 Å². The zero-order valence-electron chi connectivity index (χ0n) is 40.0. The third kappa shape index (κ3) is 6.96. The summed E-state index contributed by atoms with van der Waals surface area (Å²) < 4.78 is 6.98. The molecule has 0 amide bonds. The highest BCUT2D eigenvalue weighted by Crippen LogP contribution is 2.42. The third-order valence-corrected chi connectivity index (χ3v) is 14.5. The molecule has 0 aliphatic rings. The number of aromatic nitrogens is 5. The molecule has 0 spiro atoms. The first-order valence-electron chi connectivity index (χ1n) is 24.6. The minimum atomic E-state index is 0.485. The van der Waals surface area contributed by atoms with Crippen LogP contribution in [0.2, 0.25) is 0 Å². The van der Waals surface area contributed by atoms with E-state index in [2.05, 4.69) is 186 Å². The molecular weight excluding hydrogens is 917 g/mol. The molecule has 0 saturated carbocycles. The van der Waals surface area contributed by atoms with Gasteiger partial charge in [0.05, 0.1) is 69.9 Å². The summed E-state index contributed by atoms with van der Waals surface area (Å²) in [5.41, 5.74) is 16.7. The van der Waals surface area contributed by atoms with Crippen molar-refractivity contribution < 1.29 is 0 Å². The number of para-hydroxylation sites is 4. The second kappa shape index (κ2) is 17.2.